The molecule has 0 aliphatic heterocycles. The smallest absolute Gasteiger partial charge is 0.338 e. The van der Waals surface area contributed by atoms with Crippen molar-refractivity contribution >= 4 is 46.8 Å². The van der Waals surface area contributed by atoms with Crippen LogP contribution in [0.5, 0.6) is 0 Å². The largest absolute Gasteiger partial charge is 0.461 e. The maximum atomic E-state index is 12.4. The highest BCUT2D eigenvalue weighted by molar-refractivity contribution is 8.00. The first-order chi connectivity index (χ1) is 16.3. The second-order valence-electron chi connectivity index (χ2n) is 7.71. The van der Waals surface area contributed by atoms with Gasteiger partial charge in [0.25, 0.3) is 0 Å². The van der Waals surface area contributed by atoms with Crippen LogP contribution >= 0.6 is 23.5 Å². The number of benzene rings is 3. The Hall–Kier alpha value is -3.10. The Morgan fingerprint density at radius 3 is 1.38 bits per heavy atom. The van der Waals surface area contributed by atoms with Crippen molar-refractivity contribution in [3.63, 3.8) is 0 Å². The number of carbonyl (C=O) groups excluding carboxylic acids is 2. The van der Waals surface area contributed by atoms with Crippen molar-refractivity contribution in [1.82, 2.24) is 0 Å². The molecule has 0 aromatic heterocycles. The number of nitrogen functional groups attached to an aromatic ring is 2. The van der Waals surface area contributed by atoms with Crippen molar-refractivity contribution in [2.24, 2.45) is 0 Å². The number of para-hydroxylation sites is 2. The van der Waals surface area contributed by atoms with E-state index in [1.807, 2.05) is 62.4 Å². The molecule has 2 atom stereocenters. The van der Waals surface area contributed by atoms with Gasteiger partial charge in [0, 0.05) is 31.7 Å². The summed E-state index contributed by atoms with van der Waals surface area (Å²) in [6, 6.07) is 21.4. The van der Waals surface area contributed by atoms with Gasteiger partial charge in [0.2, 0.25) is 0 Å². The summed E-state index contributed by atoms with van der Waals surface area (Å²) in [7, 11) is 0. The van der Waals surface area contributed by atoms with E-state index in [-0.39, 0.29) is 23.7 Å². The van der Waals surface area contributed by atoms with Crippen LogP contribution < -0.4 is 11.5 Å². The molecule has 8 heteroatoms. The minimum Gasteiger partial charge on any atom is -0.461 e. The van der Waals surface area contributed by atoms with E-state index in [2.05, 4.69) is 0 Å². The second kappa shape index (κ2) is 12.4. The third-order valence-electron chi connectivity index (χ3n) is 4.75. The number of nitrogens with two attached hydrogens (primary N) is 2. The van der Waals surface area contributed by atoms with Crippen molar-refractivity contribution < 1.29 is 19.1 Å². The zero-order valence-corrected chi connectivity index (χ0v) is 20.7. The monoisotopic (exact) mass is 496 g/mol. The second-order valence-corrected chi connectivity index (χ2v) is 10.7. The van der Waals surface area contributed by atoms with E-state index in [9.17, 15) is 9.59 Å². The molecule has 0 saturated heterocycles. The number of ether oxygens (including phenoxy) is 2. The summed E-state index contributed by atoms with van der Waals surface area (Å²) < 4.78 is 10.8. The van der Waals surface area contributed by atoms with Crippen LogP contribution in [0.25, 0.3) is 0 Å². The highest BCUT2D eigenvalue weighted by Gasteiger charge is 2.15. The average Bonchev–Trinajstić information content (AvgIpc) is 2.84. The van der Waals surface area contributed by atoms with Crippen LogP contribution in [0, 0.1) is 0 Å². The molecule has 0 amide bonds. The first kappa shape index (κ1) is 25.5. The van der Waals surface area contributed by atoms with Crippen molar-refractivity contribution in [3.8, 4) is 0 Å². The van der Waals surface area contributed by atoms with Crippen molar-refractivity contribution in [2.75, 3.05) is 24.7 Å². The molecule has 2 unspecified atom stereocenters. The molecule has 34 heavy (non-hydrogen) atoms. The van der Waals surface area contributed by atoms with E-state index >= 15 is 0 Å². The third-order valence-corrected chi connectivity index (χ3v) is 7.08. The Morgan fingerprint density at radius 2 is 1.03 bits per heavy atom. The fourth-order valence-corrected chi connectivity index (χ4v) is 4.83. The summed E-state index contributed by atoms with van der Waals surface area (Å²) in [6.45, 7) is 4.41. The lowest BCUT2D eigenvalue weighted by atomic mass is 10.1. The van der Waals surface area contributed by atoms with E-state index in [0.29, 0.717) is 22.5 Å². The van der Waals surface area contributed by atoms with E-state index in [1.165, 1.54) is 0 Å². The summed E-state index contributed by atoms with van der Waals surface area (Å²) in [5.41, 5.74) is 14.1. The average molecular weight is 497 g/mol. The normalized spacial score (nSPS) is 12.5. The Labute approximate surface area is 208 Å². The van der Waals surface area contributed by atoms with Gasteiger partial charge >= 0.3 is 11.9 Å². The zero-order valence-electron chi connectivity index (χ0n) is 19.1. The standard InChI is InChI=1S/C26H28N2O4S2/c1-17(33-23-9-5-3-7-21(23)27)15-31-25(29)19-11-13-20(14-12-19)26(30)32-16-18(2)34-24-10-6-4-8-22(24)28/h3-14,17-18H,15-16,27-28H2,1-2H3. The molecule has 0 aliphatic carbocycles. The number of hydrogen-bond donors (Lipinski definition) is 2. The number of anilines is 2. The molecule has 0 spiro atoms. The number of hydrogen-bond acceptors (Lipinski definition) is 8. The van der Waals surface area contributed by atoms with Crippen molar-refractivity contribution in [2.45, 2.75) is 34.1 Å². The molecule has 0 aliphatic rings. The maximum Gasteiger partial charge on any atom is 0.338 e. The predicted molar refractivity (Wildman–Crippen MR) is 139 cm³/mol. The maximum absolute atomic E-state index is 12.4. The van der Waals surface area contributed by atoms with E-state index in [4.69, 9.17) is 20.9 Å². The SMILES string of the molecule is CC(COC(=O)c1ccc(C(=O)OCC(C)Sc2ccccc2N)cc1)Sc1ccccc1N. The molecule has 0 saturated carbocycles. The summed E-state index contributed by atoms with van der Waals surface area (Å²) in [5.74, 6) is -0.891. The van der Waals surface area contributed by atoms with E-state index < -0.39 is 11.9 Å². The molecule has 0 heterocycles. The molecular formula is C26H28N2O4S2. The lowest BCUT2D eigenvalue weighted by Crippen LogP contribution is -2.15. The van der Waals surface area contributed by atoms with Crippen molar-refractivity contribution in [3.05, 3.63) is 83.9 Å². The van der Waals surface area contributed by atoms with Crippen LogP contribution in [0.3, 0.4) is 0 Å². The van der Waals surface area contributed by atoms with Crippen LogP contribution in [0.1, 0.15) is 34.6 Å². The summed E-state index contributed by atoms with van der Waals surface area (Å²) in [4.78, 5) is 26.7. The van der Waals surface area contributed by atoms with Gasteiger partial charge < -0.3 is 20.9 Å². The van der Waals surface area contributed by atoms with Gasteiger partial charge in [-0.15, -0.1) is 23.5 Å². The van der Waals surface area contributed by atoms with Gasteiger partial charge in [0.05, 0.1) is 11.1 Å². The zero-order chi connectivity index (χ0) is 24.5. The Morgan fingerprint density at radius 1 is 0.676 bits per heavy atom. The molecule has 0 fully saturated rings. The lowest BCUT2D eigenvalue weighted by molar-refractivity contribution is 0.0496. The highest BCUT2D eigenvalue weighted by Crippen LogP contribution is 2.29. The van der Waals surface area contributed by atoms with Gasteiger partial charge in [-0.2, -0.15) is 0 Å². The number of carbonyl (C=O) groups is 2. The summed E-state index contributed by atoms with van der Waals surface area (Å²) in [5, 5.41) is 0.0722. The lowest BCUT2D eigenvalue weighted by Gasteiger charge is -2.14. The molecule has 3 rings (SSSR count). The van der Waals surface area contributed by atoms with Crippen LogP contribution in [0.2, 0.25) is 0 Å². The fraction of sp³-hybridized carbons (Fsp3) is 0.231. The third kappa shape index (κ3) is 7.46. The molecule has 0 radical (unpaired) electrons. The Bertz CT molecular complexity index is 1030. The van der Waals surface area contributed by atoms with Gasteiger partial charge in [0.15, 0.2) is 0 Å². The molecule has 3 aromatic rings. The molecule has 4 N–H and O–H groups in total. The number of rotatable bonds is 10. The topological polar surface area (TPSA) is 105 Å². The quantitative estimate of drug-likeness (QED) is 0.215. The summed E-state index contributed by atoms with van der Waals surface area (Å²) in [6.07, 6.45) is 0. The van der Waals surface area contributed by atoms with Gasteiger partial charge in [-0.1, -0.05) is 24.3 Å². The Kier molecular flexibility index (Phi) is 9.30. The minimum atomic E-state index is -0.445. The summed E-state index contributed by atoms with van der Waals surface area (Å²) >= 11 is 3.10. The van der Waals surface area contributed by atoms with Crippen LogP contribution in [0.4, 0.5) is 11.4 Å². The molecule has 178 valence electrons. The first-order valence-electron chi connectivity index (χ1n) is 10.8. The first-order valence-corrected chi connectivity index (χ1v) is 12.6. The van der Waals surface area contributed by atoms with E-state index in [0.717, 1.165) is 9.79 Å². The van der Waals surface area contributed by atoms with Gasteiger partial charge in [0.1, 0.15) is 13.2 Å². The van der Waals surface area contributed by atoms with Crippen LogP contribution in [-0.2, 0) is 9.47 Å². The fourth-order valence-electron chi connectivity index (χ4n) is 2.97. The molecular weight excluding hydrogens is 468 g/mol. The van der Waals surface area contributed by atoms with Gasteiger partial charge in [-0.25, -0.2) is 9.59 Å². The molecule has 0 bridgehead atoms. The van der Waals surface area contributed by atoms with E-state index in [1.54, 1.807) is 47.8 Å². The number of esters is 2. The van der Waals surface area contributed by atoms with Gasteiger partial charge in [-0.05, 0) is 62.4 Å². The highest BCUT2D eigenvalue weighted by atomic mass is 32.2. The number of thioether (sulfide) groups is 2. The van der Waals surface area contributed by atoms with Crippen molar-refractivity contribution in [1.29, 1.82) is 0 Å². The Balaban J connectivity index is 1.45. The molecule has 3 aromatic carbocycles. The predicted octanol–water partition coefficient (Wildman–Crippen LogP) is 5.53. The minimum absolute atomic E-state index is 0.0361. The van der Waals surface area contributed by atoms with Crippen LogP contribution in [0.15, 0.2) is 82.6 Å². The molecule has 6 nitrogen and oxygen atoms in total. The van der Waals surface area contributed by atoms with Gasteiger partial charge in [-0.3, -0.25) is 0 Å². The van der Waals surface area contributed by atoms with Crippen LogP contribution in [-0.4, -0.2) is 35.7 Å².